The van der Waals surface area contributed by atoms with Crippen LogP contribution < -0.4 is 4.90 Å². The van der Waals surface area contributed by atoms with Gasteiger partial charge in [0.1, 0.15) is 0 Å². The molecular weight excluding hydrogens is 160 g/mol. The zero-order valence-corrected chi connectivity index (χ0v) is 7.88. The van der Waals surface area contributed by atoms with Crippen molar-refractivity contribution >= 4 is 11.5 Å². The maximum atomic E-state index is 7.79. The van der Waals surface area contributed by atoms with Crippen LogP contribution in [0.3, 0.4) is 0 Å². The lowest BCUT2D eigenvalue weighted by Gasteiger charge is -2.19. The van der Waals surface area contributed by atoms with Crippen molar-refractivity contribution in [2.24, 2.45) is 0 Å². The number of nitrogens with zero attached hydrogens (tertiary/aromatic N) is 1. The molecule has 13 heavy (non-hydrogen) atoms. The molecule has 1 heterocycles. The van der Waals surface area contributed by atoms with Crippen LogP contribution in [0, 0.1) is 5.41 Å². The fourth-order valence-corrected chi connectivity index (χ4v) is 1.81. The molecule has 1 aliphatic heterocycles. The highest BCUT2D eigenvalue weighted by Gasteiger charge is 2.14. The Balaban J connectivity index is 2.46. The van der Waals surface area contributed by atoms with Crippen molar-refractivity contribution in [2.75, 3.05) is 11.9 Å². The molecule has 0 bridgehead atoms. The van der Waals surface area contributed by atoms with E-state index in [9.17, 15) is 0 Å². The minimum Gasteiger partial charge on any atom is -0.333 e. The van der Waals surface area contributed by atoms with Crippen LogP contribution in [0.5, 0.6) is 0 Å². The van der Waals surface area contributed by atoms with Crippen molar-refractivity contribution in [3.05, 3.63) is 29.8 Å². The van der Waals surface area contributed by atoms with Gasteiger partial charge in [-0.15, -0.1) is 0 Å². The summed E-state index contributed by atoms with van der Waals surface area (Å²) >= 11 is 0. The summed E-state index contributed by atoms with van der Waals surface area (Å²) in [5.41, 5.74) is 2.57. The zero-order chi connectivity index (χ0) is 9.26. The smallest absolute Gasteiger partial charge is 0.1000 e. The van der Waals surface area contributed by atoms with Crippen LogP contribution in [0.25, 0.3) is 0 Å². The number of hydrogen-bond donors (Lipinski definition) is 1. The van der Waals surface area contributed by atoms with Crippen molar-refractivity contribution in [1.29, 1.82) is 5.41 Å². The fourth-order valence-electron chi connectivity index (χ4n) is 1.81. The largest absolute Gasteiger partial charge is 0.333 e. The standard InChI is InChI=1S/C11H14N2/c1-13-10-7-3-2-5-9(10)6-4-8-11(13)12/h2-3,5,7,12H,4,6,8H2,1H3. The van der Waals surface area contributed by atoms with Crippen LogP contribution in [0.15, 0.2) is 24.3 Å². The van der Waals surface area contributed by atoms with E-state index in [1.54, 1.807) is 0 Å². The first-order valence-electron chi connectivity index (χ1n) is 4.68. The van der Waals surface area contributed by atoms with E-state index in [-0.39, 0.29) is 0 Å². The second-order valence-electron chi connectivity index (χ2n) is 3.49. The monoisotopic (exact) mass is 174 g/mol. The van der Waals surface area contributed by atoms with Gasteiger partial charge < -0.3 is 4.90 Å². The number of anilines is 1. The molecule has 1 aliphatic rings. The molecule has 1 N–H and O–H groups in total. The third kappa shape index (κ3) is 1.44. The lowest BCUT2D eigenvalue weighted by Crippen LogP contribution is -2.24. The molecule has 0 amide bonds. The third-order valence-corrected chi connectivity index (χ3v) is 2.62. The lowest BCUT2D eigenvalue weighted by molar-refractivity contribution is 0.873. The normalized spacial score (nSPS) is 16.7. The Hall–Kier alpha value is -1.31. The van der Waals surface area contributed by atoms with Crippen molar-refractivity contribution < 1.29 is 0 Å². The van der Waals surface area contributed by atoms with Gasteiger partial charge in [-0.2, -0.15) is 0 Å². The Labute approximate surface area is 78.7 Å². The van der Waals surface area contributed by atoms with Crippen molar-refractivity contribution in [3.8, 4) is 0 Å². The van der Waals surface area contributed by atoms with E-state index in [0.717, 1.165) is 25.1 Å². The molecule has 0 saturated carbocycles. The maximum Gasteiger partial charge on any atom is 0.1000 e. The molecular formula is C11H14N2. The summed E-state index contributed by atoms with van der Waals surface area (Å²) in [6.07, 6.45) is 3.09. The van der Waals surface area contributed by atoms with E-state index in [1.165, 1.54) is 11.3 Å². The minimum absolute atomic E-state index is 0.727. The van der Waals surface area contributed by atoms with E-state index in [4.69, 9.17) is 5.41 Å². The number of nitrogens with one attached hydrogen (secondary N) is 1. The molecule has 2 nitrogen and oxygen atoms in total. The van der Waals surface area contributed by atoms with Crippen LogP contribution in [0.4, 0.5) is 5.69 Å². The van der Waals surface area contributed by atoms with Gasteiger partial charge in [-0.1, -0.05) is 18.2 Å². The predicted octanol–water partition coefficient (Wildman–Crippen LogP) is 2.44. The van der Waals surface area contributed by atoms with Gasteiger partial charge >= 0.3 is 0 Å². The third-order valence-electron chi connectivity index (χ3n) is 2.62. The summed E-state index contributed by atoms with van der Waals surface area (Å²) in [6, 6.07) is 8.36. The fraction of sp³-hybridized carbons (Fsp3) is 0.364. The van der Waals surface area contributed by atoms with E-state index < -0.39 is 0 Å². The van der Waals surface area contributed by atoms with Gasteiger partial charge in [-0.05, 0) is 24.5 Å². The number of rotatable bonds is 0. The van der Waals surface area contributed by atoms with Crippen LogP contribution in [0.2, 0.25) is 0 Å². The number of para-hydroxylation sites is 1. The first kappa shape index (κ1) is 8.30. The van der Waals surface area contributed by atoms with Crippen LogP contribution in [-0.4, -0.2) is 12.9 Å². The molecule has 0 saturated heterocycles. The minimum atomic E-state index is 0.727. The topological polar surface area (TPSA) is 27.1 Å². The number of amidine groups is 1. The Morgan fingerprint density at radius 2 is 2.00 bits per heavy atom. The average Bonchev–Trinajstić information content (AvgIpc) is 2.29. The van der Waals surface area contributed by atoms with Gasteiger partial charge in [0, 0.05) is 19.2 Å². The van der Waals surface area contributed by atoms with Crippen LogP contribution >= 0.6 is 0 Å². The summed E-state index contributed by atoms with van der Waals surface area (Å²) < 4.78 is 0. The summed E-state index contributed by atoms with van der Waals surface area (Å²) in [5.74, 6) is 0.727. The molecule has 2 rings (SSSR count). The highest BCUT2D eigenvalue weighted by atomic mass is 15.1. The van der Waals surface area contributed by atoms with Gasteiger partial charge in [0.2, 0.25) is 0 Å². The van der Waals surface area contributed by atoms with Crippen LogP contribution in [0.1, 0.15) is 18.4 Å². The Kier molecular flexibility index (Phi) is 2.05. The quantitative estimate of drug-likeness (QED) is 0.642. The second-order valence-corrected chi connectivity index (χ2v) is 3.49. The first-order valence-corrected chi connectivity index (χ1v) is 4.68. The van der Waals surface area contributed by atoms with Crippen molar-refractivity contribution in [2.45, 2.75) is 19.3 Å². The number of aryl methyl sites for hydroxylation is 1. The summed E-state index contributed by atoms with van der Waals surface area (Å²) in [4.78, 5) is 1.99. The van der Waals surface area contributed by atoms with E-state index in [1.807, 2.05) is 18.0 Å². The van der Waals surface area contributed by atoms with Gasteiger partial charge in [0.05, 0.1) is 5.84 Å². The van der Waals surface area contributed by atoms with Gasteiger partial charge in [-0.3, -0.25) is 5.41 Å². The molecule has 0 aliphatic carbocycles. The molecule has 0 spiro atoms. The van der Waals surface area contributed by atoms with Crippen molar-refractivity contribution in [1.82, 2.24) is 0 Å². The van der Waals surface area contributed by atoms with Gasteiger partial charge in [0.25, 0.3) is 0 Å². The van der Waals surface area contributed by atoms with E-state index in [2.05, 4.69) is 18.2 Å². The van der Waals surface area contributed by atoms with Gasteiger partial charge in [-0.25, -0.2) is 0 Å². The summed E-state index contributed by atoms with van der Waals surface area (Å²) in [7, 11) is 1.98. The maximum absolute atomic E-state index is 7.79. The zero-order valence-electron chi connectivity index (χ0n) is 7.88. The lowest BCUT2D eigenvalue weighted by atomic mass is 10.1. The van der Waals surface area contributed by atoms with E-state index in [0.29, 0.717) is 0 Å². The SMILES string of the molecule is CN1C(=N)CCCc2ccccc21. The van der Waals surface area contributed by atoms with E-state index >= 15 is 0 Å². The summed E-state index contributed by atoms with van der Waals surface area (Å²) in [5, 5.41) is 7.79. The molecule has 0 aromatic heterocycles. The highest BCUT2D eigenvalue weighted by Crippen LogP contribution is 2.25. The Morgan fingerprint density at radius 3 is 2.85 bits per heavy atom. The molecule has 0 unspecified atom stereocenters. The van der Waals surface area contributed by atoms with Crippen LogP contribution in [-0.2, 0) is 6.42 Å². The molecule has 0 fully saturated rings. The number of benzene rings is 1. The molecule has 0 radical (unpaired) electrons. The molecule has 1 aromatic rings. The Morgan fingerprint density at radius 1 is 1.23 bits per heavy atom. The first-order chi connectivity index (χ1) is 6.29. The number of fused-ring (bicyclic) bond motifs is 1. The van der Waals surface area contributed by atoms with Crippen molar-refractivity contribution in [3.63, 3.8) is 0 Å². The molecule has 2 heteroatoms. The second kappa shape index (κ2) is 3.21. The molecule has 1 aromatic carbocycles. The average molecular weight is 174 g/mol. The predicted molar refractivity (Wildman–Crippen MR) is 55.5 cm³/mol. The molecule has 68 valence electrons. The Bertz CT molecular complexity index is 331. The molecule has 0 atom stereocenters. The highest BCUT2D eigenvalue weighted by molar-refractivity contribution is 5.96. The number of hydrogen-bond acceptors (Lipinski definition) is 1. The summed E-state index contributed by atoms with van der Waals surface area (Å²) in [6.45, 7) is 0. The van der Waals surface area contributed by atoms with Gasteiger partial charge in [0.15, 0.2) is 0 Å².